The molecule has 17 heavy (non-hydrogen) atoms. The lowest BCUT2D eigenvalue weighted by molar-refractivity contribution is -0.107. The van der Waals surface area contributed by atoms with Gasteiger partial charge in [-0.25, -0.2) is 0 Å². The minimum Gasteiger partial charge on any atom is -0.510 e. The summed E-state index contributed by atoms with van der Waals surface area (Å²) in [5.74, 6) is 0.220. The van der Waals surface area contributed by atoms with Gasteiger partial charge < -0.3 is 5.11 Å². The Labute approximate surface area is 108 Å². The highest BCUT2D eigenvalue weighted by Gasteiger charge is 2.39. The van der Waals surface area contributed by atoms with Gasteiger partial charge in [0.25, 0.3) is 0 Å². The van der Waals surface area contributed by atoms with Crippen LogP contribution in [-0.4, -0.2) is 15.0 Å². The standard InChI is InChI=1S/C14H22O2S/c1-4-5-6-7-8-9-10-14(3)12(15)11(2)13(16)17-14/h9-10,15H,4-8H2,1-3H3/b10-9+/t14-/m0/s1. The lowest BCUT2D eigenvalue weighted by Crippen LogP contribution is -2.16. The molecule has 2 nitrogen and oxygen atoms in total. The Hall–Kier alpha value is -0.700. The van der Waals surface area contributed by atoms with Crippen molar-refractivity contribution in [3.05, 3.63) is 23.5 Å². The molecule has 0 amide bonds. The van der Waals surface area contributed by atoms with E-state index in [9.17, 15) is 9.90 Å². The molecular weight excluding hydrogens is 232 g/mol. The van der Waals surface area contributed by atoms with E-state index in [1.54, 1.807) is 6.92 Å². The van der Waals surface area contributed by atoms with Crippen molar-refractivity contribution in [3.8, 4) is 0 Å². The SMILES string of the molecule is CCCCCC/C=C/[C@]1(C)SC(=O)C(C)=C1O. The van der Waals surface area contributed by atoms with Gasteiger partial charge in [-0.15, -0.1) is 0 Å². The van der Waals surface area contributed by atoms with Crippen LogP contribution in [0.2, 0.25) is 0 Å². The fraction of sp³-hybridized carbons (Fsp3) is 0.643. The fourth-order valence-electron chi connectivity index (χ4n) is 1.90. The third kappa shape index (κ3) is 3.63. The second-order valence-electron chi connectivity index (χ2n) is 4.72. The van der Waals surface area contributed by atoms with E-state index in [-0.39, 0.29) is 10.9 Å². The molecule has 0 aromatic carbocycles. The molecular formula is C14H22O2S. The molecule has 0 bridgehead atoms. The molecule has 1 atom stereocenters. The molecule has 1 N–H and O–H groups in total. The zero-order valence-corrected chi connectivity index (χ0v) is 11.8. The monoisotopic (exact) mass is 254 g/mol. The first-order valence-corrected chi connectivity index (χ1v) is 7.14. The fourth-order valence-corrected chi connectivity index (χ4v) is 2.95. The third-order valence-electron chi connectivity index (χ3n) is 3.10. The molecule has 1 aliphatic rings. The molecule has 96 valence electrons. The highest BCUT2D eigenvalue weighted by molar-refractivity contribution is 8.16. The summed E-state index contributed by atoms with van der Waals surface area (Å²) in [6, 6.07) is 0. The summed E-state index contributed by atoms with van der Waals surface area (Å²) in [5, 5.41) is 9.90. The Morgan fingerprint density at radius 1 is 1.35 bits per heavy atom. The Kier molecular flexibility index (Phi) is 5.31. The summed E-state index contributed by atoms with van der Waals surface area (Å²) in [6.07, 6.45) is 10.0. The smallest absolute Gasteiger partial charge is 0.219 e. The highest BCUT2D eigenvalue weighted by Crippen LogP contribution is 2.43. The lowest BCUT2D eigenvalue weighted by atomic mass is 10.0. The summed E-state index contributed by atoms with van der Waals surface area (Å²) in [5.41, 5.74) is 0.494. The largest absolute Gasteiger partial charge is 0.510 e. The predicted octanol–water partition coefficient (Wildman–Crippen LogP) is 4.38. The topological polar surface area (TPSA) is 37.3 Å². The Morgan fingerprint density at radius 3 is 2.59 bits per heavy atom. The number of unbranched alkanes of at least 4 members (excludes halogenated alkanes) is 4. The van der Waals surface area contributed by atoms with Gasteiger partial charge in [-0.3, -0.25) is 4.79 Å². The summed E-state index contributed by atoms with van der Waals surface area (Å²) >= 11 is 1.20. The maximum absolute atomic E-state index is 11.5. The number of aliphatic hydroxyl groups is 1. The third-order valence-corrected chi connectivity index (χ3v) is 4.34. The van der Waals surface area contributed by atoms with E-state index in [2.05, 4.69) is 13.0 Å². The van der Waals surface area contributed by atoms with Crippen molar-refractivity contribution in [3.63, 3.8) is 0 Å². The second kappa shape index (κ2) is 6.29. The van der Waals surface area contributed by atoms with Crippen LogP contribution in [0.4, 0.5) is 0 Å². The van der Waals surface area contributed by atoms with Crippen molar-refractivity contribution in [2.24, 2.45) is 0 Å². The van der Waals surface area contributed by atoms with Crippen LogP contribution in [0.3, 0.4) is 0 Å². The van der Waals surface area contributed by atoms with Gasteiger partial charge in [-0.05, 0) is 26.7 Å². The first-order chi connectivity index (χ1) is 8.01. The zero-order chi connectivity index (χ0) is 12.9. The van der Waals surface area contributed by atoms with Crippen LogP contribution >= 0.6 is 11.8 Å². The molecule has 0 saturated carbocycles. The zero-order valence-electron chi connectivity index (χ0n) is 11.0. The van der Waals surface area contributed by atoms with Crippen molar-refractivity contribution in [1.82, 2.24) is 0 Å². The number of hydrogen-bond donors (Lipinski definition) is 1. The molecule has 0 saturated heterocycles. The van der Waals surface area contributed by atoms with Crippen LogP contribution in [-0.2, 0) is 4.79 Å². The van der Waals surface area contributed by atoms with Crippen LogP contribution in [0, 0.1) is 0 Å². The molecule has 1 aliphatic heterocycles. The molecule has 0 aromatic heterocycles. The van der Waals surface area contributed by atoms with Crippen molar-refractivity contribution in [2.75, 3.05) is 0 Å². The number of hydrogen-bond acceptors (Lipinski definition) is 3. The maximum atomic E-state index is 11.5. The van der Waals surface area contributed by atoms with Gasteiger partial charge >= 0.3 is 0 Å². The Bertz CT molecular complexity index is 344. The van der Waals surface area contributed by atoms with E-state index < -0.39 is 4.75 Å². The second-order valence-corrected chi connectivity index (χ2v) is 6.14. The Balaban J connectivity index is 2.46. The molecule has 0 fully saturated rings. The van der Waals surface area contributed by atoms with Crippen molar-refractivity contribution in [2.45, 2.75) is 57.6 Å². The number of rotatable bonds is 6. The highest BCUT2D eigenvalue weighted by atomic mass is 32.2. The first-order valence-electron chi connectivity index (χ1n) is 6.32. The lowest BCUT2D eigenvalue weighted by Gasteiger charge is -2.17. The quantitative estimate of drug-likeness (QED) is 0.564. The molecule has 1 heterocycles. The van der Waals surface area contributed by atoms with Crippen LogP contribution in [0.1, 0.15) is 52.9 Å². The summed E-state index contributed by atoms with van der Waals surface area (Å²) in [7, 11) is 0. The number of allylic oxidation sites excluding steroid dienone is 1. The van der Waals surface area contributed by atoms with Gasteiger partial charge in [-0.1, -0.05) is 50.1 Å². The minimum atomic E-state index is -0.536. The van der Waals surface area contributed by atoms with Crippen molar-refractivity contribution >= 4 is 16.9 Å². The van der Waals surface area contributed by atoms with Gasteiger partial charge in [0.05, 0.1) is 4.75 Å². The van der Waals surface area contributed by atoms with E-state index in [1.165, 1.54) is 37.4 Å². The normalized spacial score (nSPS) is 25.2. The number of carbonyl (C=O) groups is 1. The number of carbonyl (C=O) groups excluding carboxylic acids is 1. The molecule has 0 spiro atoms. The van der Waals surface area contributed by atoms with Gasteiger partial charge in [0.2, 0.25) is 5.12 Å². The van der Waals surface area contributed by atoms with Crippen molar-refractivity contribution in [1.29, 1.82) is 0 Å². The maximum Gasteiger partial charge on any atom is 0.219 e. The van der Waals surface area contributed by atoms with E-state index in [4.69, 9.17) is 0 Å². The van der Waals surface area contributed by atoms with Gasteiger partial charge in [-0.2, -0.15) is 0 Å². The van der Waals surface area contributed by atoms with Crippen LogP contribution in [0.5, 0.6) is 0 Å². The van der Waals surface area contributed by atoms with E-state index in [1.807, 2.05) is 13.0 Å². The van der Waals surface area contributed by atoms with Crippen LogP contribution in [0.15, 0.2) is 23.5 Å². The van der Waals surface area contributed by atoms with E-state index >= 15 is 0 Å². The molecule has 0 unspecified atom stereocenters. The molecule has 0 aromatic rings. The number of aliphatic hydroxyl groups excluding tert-OH is 1. The van der Waals surface area contributed by atoms with E-state index in [0.29, 0.717) is 5.57 Å². The summed E-state index contributed by atoms with van der Waals surface area (Å²) in [6.45, 7) is 5.78. The molecule has 3 heteroatoms. The Morgan fingerprint density at radius 2 is 2.06 bits per heavy atom. The van der Waals surface area contributed by atoms with Gasteiger partial charge in [0, 0.05) is 5.57 Å². The molecule has 1 rings (SSSR count). The van der Waals surface area contributed by atoms with Gasteiger partial charge in [0.15, 0.2) is 0 Å². The molecule has 0 aliphatic carbocycles. The summed E-state index contributed by atoms with van der Waals surface area (Å²) < 4.78 is -0.536. The van der Waals surface area contributed by atoms with Crippen LogP contribution < -0.4 is 0 Å². The minimum absolute atomic E-state index is 0.0133. The average molecular weight is 254 g/mol. The van der Waals surface area contributed by atoms with Crippen molar-refractivity contribution < 1.29 is 9.90 Å². The number of thioether (sulfide) groups is 1. The first kappa shape index (κ1) is 14.4. The molecule has 0 radical (unpaired) electrons. The predicted molar refractivity (Wildman–Crippen MR) is 74.2 cm³/mol. The van der Waals surface area contributed by atoms with Crippen LogP contribution in [0.25, 0.3) is 0 Å². The van der Waals surface area contributed by atoms with E-state index in [0.717, 1.165) is 6.42 Å². The summed E-state index contributed by atoms with van der Waals surface area (Å²) in [4.78, 5) is 11.5. The average Bonchev–Trinajstić information content (AvgIpc) is 2.48. The van der Waals surface area contributed by atoms with Gasteiger partial charge in [0.1, 0.15) is 5.76 Å².